The van der Waals surface area contributed by atoms with Crippen molar-refractivity contribution in [1.82, 2.24) is 5.32 Å². The van der Waals surface area contributed by atoms with Crippen molar-refractivity contribution < 1.29 is 13.2 Å². The van der Waals surface area contributed by atoms with Crippen LogP contribution in [0.4, 0.5) is 0 Å². The molecule has 0 unspecified atom stereocenters. The Kier molecular flexibility index (Phi) is 6.94. The number of hydrogen-bond donors (Lipinski definition) is 1. The topological polar surface area (TPSA) is 63.2 Å². The number of benzene rings is 3. The van der Waals surface area contributed by atoms with E-state index in [2.05, 4.69) is 17.2 Å². The number of halogens is 1. The summed E-state index contributed by atoms with van der Waals surface area (Å²) >= 11 is 5.88. The highest BCUT2D eigenvalue weighted by atomic mass is 35.5. The molecule has 3 aromatic carbocycles. The Morgan fingerprint density at radius 3 is 2.30 bits per heavy atom. The fourth-order valence-corrected chi connectivity index (χ4v) is 3.48. The lowest BCUT2D eigenvalue weighted by Gasteiger charge is -2.07. The van der Waals surface area contributed by atoms with Gasteiger partial charge in [0.2, 0.25) is 0 Å². The van der Waals surface area contributed by atoms with Gasteiger partial charge in [-0.1, -0.05) is 53.8 Å². The van der Waals surface area contributed by atoms with Gasteiger partial charge in [-0.25, -0.2) is 8.42 Å². The fraction of sp³-hybridized carbons (Fsp3) is 0.125. The molecule has 6 heteroatoms. The smallest absolute Gasteiger partial charge is 0.251 e. The second kappa shape index (κ2) is 9.62. The van der Waals surface area contributed by atoms with Crippen LogP contribution in [0.25, 0.3) is 0 Å². The van der Waals surface area contributed by atoms with Crippen LogP contribution < -0.4 is 5.32 Å². The Morgan fingerprint density at radius 2 is 1.63 bits per heavy atom. The molecule has 0 heterocycles. The molecule has 30 heavy (non-hydrogen) atoms. The van der Waals surface area contributed by atoms with Gasteiger partial charge in [-0.2, -0.15) is 0 Å². The SMILES string of the molecule is CS(=O)(=O)c1ccc(CNC(=O)c2cccc(C#CCc3ccc(Cl)cc3)c2)cc1. The summed E-state index contributed by atoms with van der Waals surface area (Å²) in [5.74, 6) is 5.96. The van der Waals surface area contributed by atoms with Crippen molar-refractivity contribution in [3.63, 3.8) is 0 Å². The van der Waals surface area contributed by atoms with E-state index < -0.39 is 9.84 Å². The molecule has 3 aromatic rings. The summed E-state index contributed by atoms with van der Waals surface area (Å²) < 4.78 is 23.0. The van der Waals surface area contributed by atoms with Gasteiger partial charge in [0.05, 0.1) is 4.90 Å². The standard InChI is InChI=1S/C24H20ClNO3S/c1-30(28,29)23-14-10-20(11-15-23)17-26-24(27)21-7-3-6-19(16-21)5-2-4-18-8-12-22(25)13-9-18/h3,6-16H,4,17H2,1H3,(H,26,27). The summed E-state index contributed by atoms with van der Waals surface area (Å²) in [5.41, 5.74) is 3.16. The van der Waals surface area contributed by atoms with E-state index in [1.165, 1.54) is 12.1 Å². The highest BCUT2D eigenvalue weighted by Crippen LogP contribution is 2.11. The van der Waals surface area contributed by atoms with E-state index in [1.807, 2.05) is 30.3 Å². The van der Waals surface area contributed by atoms with Crippen molar-refractivity contribution in [1.29, 1.82) is 0 Å². The van der Waals surface area contributed by atoms with Crippen molar-refractivity contribution in [3.05, 3.63) is 100 Å². The molecule has 0 bridgehead atoms. The van der Waals surface area contributed by atoms with Gasteiger partial charge in [0.25, 0.3) is 5.91 Å². The van der Waals surface area contributed by atoms with Crippen LogP contribution in [-0.4, -0.2) is 20.6 Å². The number of amides is 1. The van der Waals surface area contributed by atoms with Crippen LogP contribution in [0.5, 0.6) is 0 Å². The van der Waals surface area contributed by atoms with Crippen LogP contribution in [-0.2, 0) is 22.8 Å². The third-order valence-electron chi connectivity index (χ3n) is 4.37. The van der Waals surface area contributed by atoms with E-state index in [0.717, 1.165) is 22.9 Å². The molecule has 0 aliphatic carbocycles. The third kappa shape index (κ3) is 6.21. The van der Waals surface area contributed by atoms with Gasteiger partial charge in [-0.15, -0.1) is 0 Å². The number of carbonyl (C=O) groups excluding carboxylic acids is 1. The molecule has 0 spiro atoms. The lowest BCUT2D eigenvalue weighted by molar-refractivity contribution is 0.0951. The minimum Gasteiger partial charge on any atom is -0.348 e. The number of rotatable bonds is 5. The molecular formula is C24H20ClNO3S. The minimum absolute atomic E-state index is 0.219. The van der Waals surface area contributed by atoms with Crippen molar-refractivity contribution in [2.45, 2.75) is 17.9 Å². The fourth-order valence-electron chi connectivity index (χ4n) is 2.73. The van der Waals surface area contributed by atoms with Gasteiger partial charge < -0.3 is 5.32 Å². The summed E-state index contributed by atoms with van der Waals surface area (Å²) in [4.78, 5) is 12.7. The molecule has 4 nitrogen and oxygen atoms in total. The maximum atomic E-state index is 12.5. The van der Waals surface area contributed by atoms with E-state index in [0.29, 0.717) is 23.6 Å². The summed E-state index contributed by atoms with van der Waals surface area (Å²) in [6, 6.07) is 21.1. The summed E-state index contributed by atoms with van der Waals surface area (Å²) in [5, 5.41) is 3.53. The molecule has 0 atom stereocenters. The zero-order chi connectivity index (χ0) is 21.6. The lowest BCUT2D eigenvalue weighted by Crippen LogP contribution is -2.22. The van der Waals surface area contributed by atoms with Crippen LogP contribution in [0, 0.1) is 11.8 Å². The minimum atomic E-state index is -3.23. The van der Waals surface area contributed by atoms with Gasteiger partial charge in [-0.3, -0.25) is 4.79 Å². The Balaban J connectivity index is 1.60. The Hall–Kier alpha value is -3.07. The molecule has 0 aromatic heterocycles. The zero-order valence-corrected chi connectivity index (χ0v) is 17.9. The number of sulfone groups is 1. The Bertz CT molecular complexity index is 1210. The number of nitrogens with one attached hydrogen (secondary N) is 1. The van der Waals surface area contributed by atoms with Crippen LogP contribution in [0.2, 0.25) is 5.02 Å². The Morgan fingerprint density at radius 1 is 0.967 bits per heavy atom. The van der Waals surface area contributed by atoms with Crippen LogP contribution >= 0.6 is 11.6 Å². The second-order valence-corrected chi connectivity index (χ2v) is 9.24. The van der Waals surface area contributed by atoms with Gasteiger partial charge in [0.15, 0.2) is 9.84 Å². The summed E-state index contributed by atoms with van der Waals surface area (Å²) in [6.07, 6.45) is 1.76. The van der Waals surface area contributed by atoms with Gasteiger partial charge in [0.1, 0.15) is 0 Å². The van der Waals surface area contributed by atoms with E-state index in [4.69, 9.17) is 11.6 Å². The molecule has 0 aliphatic heterocycles. The van der Waals surface area contributed by atoms with Crippen molar-refractivity contribution in [3.8, 4) is 11.8 Å². The van der Waals surface area contributed by atoms with E-state index in [9.17, 15) is 13.2 Å². The van der Waals surface area contributed by atoms with E-state index in [1.54, 1.807) is 30.3 Å². The van der Waals surface area contributed by atoms with Gasteiger partial charge in [-0.05, 0) is 53.6 Å². The highest BCUT2D eigenvalue weighted by Gasteiger charge is 2.08. The third-order valence-corrected chi connectivity index (χ3v) is 5.75. The highest BCUT2D eigenvalue weighted by molar-refractivity contribution is 7.90. The first-order valence-corrected chi connectivity index (χ1v) is 11.5. The largest absolute Gasteiger partial charge is 0.348 e. The quantitative estimate of drug-likeness (QED) is 0.606. The first-order chi connectivity index (χ1) is 14.3. The predicted molar refractivity (Wildman–Crippen MR) is 119 cm³/mol. The molecular weight excluding hydrogens is 418 g/mol. The van der Waals surface area contributed by atoms with Crippen molar-refractivity contribution >= 4 is 27.3 Å². The number of carbonyl (C=O) groups is 1. The molecule has 0 fully saturated rings. The van der Waals surface area contributed by atoms with Crippen molar-refractivity contribution in [2.24, 2.45) is 0 Å². The van der Waals surface area contributed by atoms with Crippen LogP contribution in [0.1, 0.15) is 27.0 Å². The molecule has 0 radical (unpaired) electrons. The normalized spacial score (nSPS) is 10.7. The average Bonchev–Trinajstić information content (AvgIpc) is 2.73. The lowest BCUT2D eigenvalue weighted by atomic mass is 10.1. The second-order valence-electron chi connectivity index (χ2n) is 6.78. The molecule has 1 N–H and O–H groups in total. The van der Waals surface area contributed by atoms with Crippen molar-refractivity contribution in [2.75, 3.05) is 6.26 Å². The average molecular weight is 438 g/mol. The maximum Gasteiger partial charge on any atom is 0.251 e. The number of hydrogen-bond acceptors (Lipinski definition) is 3. The first-order valence-electron chi connectivity index (χ1n) is 9.22. The monoisotopic (exact) mass is 437 g/mol. The van der Waals surface area contributed by atoms with Gasteiger partial charge in [0, 0.05) is 35.4 Å². The van der Waals surface area contributed by atoms with E-state index in [-0.39, 0.29) is 10.8 Å². The van der Waals surface area contributed by atoms with Crippen LogP contribution in [0.15, 0.2) is 77.7 Å². The van der Waals surface area contributed by atoms with Crippen LogP contribution in [0.3, 0.4) is 0 Å². The van der Waals surface area contributed by atoms with Gasteiger partial charge >= 0.3 is 0 Å². The molecule has 1 amide bonds. The molecule has 0 saturated heterocycles. The Labute approximate surface area is 181 Å². The molecule has 3 rings (SSSR count). The predicted octanol–water partition coefficient (Wildman–Crippen LogP) is 4.27. The zero-order valence-electron chi connectivity index (χ0n) is 16.4. The summed E-state index contributed by atoms with van der Waals surface area (Å²) in [7, 11) is -3.23. The van der Waals surface area contributed by atoms with E-state index >= 15 is 0 Å². The molecule has 0 saturated carbocycles. The molecule has 152 valence electrons. The summed E-state index contributed by atoms with van der Waals surface area (Å²) in [6.45, 7) is 0.301. The first kappa shape index (κ1) is 21.6. The maximum absolute atomic E-state index is 12.5. The molecule has 0 aliphatic rings.